The van der Waals surface area contributed by atoms with Crippen molar-refractivity contribution in [3.63, 3.8) is 0 Å². The largest absolute Gasteiger partial charge is 0.0769 e. The Morgan fingerprint density at radius 3 is 2.17 bits per heavy atom. The zero-order valence-electron chi connectivity index (χ0n) is 16.2. The summed E-state index contributed by atoms with van der Waals surface area (Å²) < 4.78 is 0. The Balaban J connectivity index is 2.03. The first-order valence-electron chi connectivity index (χ1n) is 9.51. The maximum Gasteiger partial charge on any atom is 0.0140 e. The van der Waals surface area contributed by atoms with Gasteiger partial charge in [0, 0.05) is 5.41 Å². The van der Waals surface area contributed by atoms with Gasteiger partial charge in [-0.2, -0.15) is 0 Å². The van der Waals surface area contributed by atoms with Crippen LogP contribution in [0, 0.1) is 22.7 Å². The lowest BCUT2D eigenvalue weighted by Crippen LogP contribution is -2.32. The number of rotatable bonds is 3. The molecule has 0 heterocycles. The van der Waals surface area contributed by atoms with Crippen LogP contribution in [0.15, 0.2) is 46.1 Å². The molecule has 23 heavy (non-hydrogen) atoms. The summed E-state index contributed by atoms with van der Waals surface area (Å²) in [5.74, 6) is 1.32. The van der Waals surface area contributed by atoms with Crippen LogP contribution in [0.25, 0.3) is 0 Å². The molecule has 0 fully saturated rings. The summed E-state index contributed by atoms with van der Waals surface area (Å²) >= 11 is 0. The van der Waals surface area contributed by atoms with Gasteiger partial charge in [0.1, 0.15) is 0 Å². The number of hydrogen-bond donors (Lipinski definition) is 0. The maximum absolute atomic E-state index is 2.58. The Morgan fingerprint density at radius 1 is 0.913 bits per heavy atom. The maximum atomic E-state index is 2.58. The molecule has 1 atom stereocenters. The summed E-state index contributed by atoms with van der Waals surface area (Å²) in [7, 11) is 0. The minimum absolute atomic E-state index is 0.259. The lowest BCUT2D eigenvalue weighted by Gasteiger charge is -2.44. The molecule has 0 radical (unpaired) electrons. The zero-order chi connectivity index (χ0) is 17.0. The second-order valence-corrected chi connectivity index (χ2v) is 9.39. The lowest BCUT2D eigenvalue weighted by atomic mass is 9.60. The van der Waals surface area contributed by atoms with Crippen molar-refractivity contribution in [1.29, 1.82) is 0 Å². The molecule has 0 amide bonds. The SMILES string of the molecule is CC(C)C1=CCC(C2(C)CCC(C)(C)C3=C2C=C(C(C)C)C3)=C1. The van der Waals surface area contributed by atoms with Crippen LogP contribution in [0.4, 0.5) is 0 Å². The molecule has 0 aromatic carbocycles. The highest BCUT2D eigenvalue weighted by molar-refractivity contribution is 5.53. The molecular weight excluding hydrogens is 276 g/mol. The van der Waals surface area contributed by atoms with Gasteiger partial charge in [0.15, 0.2) is 0 Å². The van der Waals surface area contributed by atoms with Crippen molar-refractivity contribution in [2.24, 2.45) is 22.7 Å². The molecule has 0 aliphatic heterocycles. The van der Waals surface area contributed by atoms with Gasteiger partial charge in [-0.1, -0.05) is 83.4 Å². The van der Waals surface area contributed by atoms with E-state index < -0.39 is 0 Å². The second-order valence-electron chi connectivity index (χ2n) is 9.39. The Labute approximate surface area is 143 Å². The van der Waals surface area contributed by atoms with E-state index in [9.17, 15) is 0 Å². The van der Waals surface area contributed by atoms with Crippen LogP contribution < -0.4 is 0 Å². The fourth-order valence-electron chi connectivity index (χ4n) is 4.61. The molecule has 126 valence electrons. The van der Waals surface area contributed by atoms with Gasteiger partial charge in [0.05, 0.1) is 0 Å². The van der Waals surface area contributed by atoms with Crippen LogP contribution in [0.3, 0.4) is 0 Å². The number of allylic oxidation sites excluding steroid dienone is 8. The van der Waals surface area contributed by atoms with E-state index in [1.165, 1.54) is 19.3 Å². The van der Waals surface area contributed by atoms with Crippen LogP contribution in [-0.2, 0) is 0 Å². The van der Waals surface area contributed by atoms with Gasteiger partial charge in [-0.3, -0.25) is 0 Å². The minimum Gasteiger partial charge on any atom is -0.0769 e. The average Bonchev–Trinajstić information content (AvgIpc) is 3.11. The van der Waals surface area contributed by atoms with Crippen LogP contribution in [0.5, 0.6) is 0 Å². The first kappa shape index (κ1) is 16.8. The summed E-state index contributed by atoms with van der Waals surface area (Å²) in [6.07, 6.45) is 12.6. The highest BCUT2D eigenvalue weighted by Crippen LogP contribution is 2.58. The Morgan fingerprint density at radius 2 is 1.61 bits per heavy atom. The van der Waals surface area contributed by atoms with E-state index in [1.54, 1.807) is 27.9 Å². The van der Waals surface area contributed by atoms with Crippen molar-refractivity contribution < 1.29 is 0 Å². The predicted molar refractivity (Wildman–Crippen MR) is 101 cm³/mol. The molecule has 3 aliphatic rings. The second kappa shape index (κ2) is 5.50. The van der Waals surface area contributed by atoms with E-state index in [0.717, 1.165) is 6.42 Å². The van der Waals surface area contributed by atoms with Gasteiger partial charge >= 0.3 is 0 Å². The van der Waals surface area contributed by atoms with E-state index in [0.29, 0.717) is 17.3 Å². The summed E-state index contributed by atoms with van der Waals surface area (Å²) in [6, 6.07) is 0. The minimum atomic E-state index is 0.259. The lowest BCUT2D eigenvalue weighted by molar-refractivity contribution is 0.278. The molecule has 0 aromatic rings. The molecule has 0 aromatic heterocycles. The zero-order valence-corrected chi connectivity index (χ0v) is 16.2. The fourth-order valence-corrected chi connectivity index (χ4v) is 4.61. The van der Waals surface area contributed by atoms with Crippen LogP contribution in [0.2, 0.25) is 0 Å². The van der Waals surface area contributed by atoms with E-state index in [-0.39, 0.29) is 5.41 Å². The molecule has 0 heteroatoms. The van der Waals surface area contributed by atoms with Gasteiger partial charge in [-0.05, 0) is 54.1 Å². The first-order chi connectivity index (χ1) is 10.6. The summed E-state index contributed by atoms with van der Waals surface area (Å²) in [5.41, 5.74) is 8.87. The normalized spacial score (nSPS) is 29.9. The van der Waals surface area contributed by atoms with Crippen LogP contribution >= 0.6 is 0 Å². The van der Waals surface area contributed by atoms with E-state index in [4.69, 9.17) is 0 Å². The van der Waals surface area contributed by atoms with Crippen molar-refractivity contribution in [1.82, 2.24) is 0 Å². The highest BCUT2D eigenvalue weighted by atomic mass is 14.5. The van der Waals surface area contributed by atoms with Gasteiger partial charge in [-0.15, -0.1) is 0 Å². The Bertz CT molecular complexity index is 631. The van der Waals surface area contributed by atoms with Gasteiger partial charge < -0.3 is 0 Å². The molecule has 3 rings (SSSR count). The predicted octanol–water partition coefficient (Wildman–Crippen LogP) is 7.01. The standard InChI is InChI=1S/C23H34/c1-15(2)17-8-9-19(12-17)23(7)11-10-22(5,6)20-13-18(16(3)4)14-21(20)23/h8,12,14-16H,9-11,13H2,1-7H3. The Kier molecular flexibility index (Phi) is 4.02. The third kappa shape index (κ3) is 2.69. The average molecular weight is 311 g/mol. The molecule has 0 nitrogen and oxygen atoms in total. The van der Waals surface area contributed by atoms with Gasteiger partial charge in [-0.25, -0.2) is 0 Å². The van der Waals surface area contributed by atoms with Gasteiger partial charge in [0.2, 0.25) is 0 Å². The Hall–Kier alpha value is -1.04. The molecule has 0 saturated carbocycles. The van der Waals surface area contributed by atoms with Gasteiger partial charge in [0.25, 0.3) is 0 Å². The smallest absolute Gasteiger partial charge is 0.0140 e. The summed E-state index contributed by atoms with van der Waals surface area (Å²) in [5, 5.41) is 0. The number of hydrogen-bond acceptors (Lipinski definition) is 0. The third-order valence-electron chi connectivity index (χ3n) is 6.71. The van der Waals surface area contributed by atoms with E-state index in [2.05, 4.69) is 66.7 Å². The summed E-state index contributed by atoms with van der Waals surface area (Å²) in [6.45, 7) is 16.8. The van der Waals surface area contributed by atoms with Crippen molar-refractivity contribution in [3.8, 4) is 0 Å². The molecule has 0 saturated heterocycles. The molecule has 0 spiro atoms. The van der Waals surface area contributed by atoms with Crippen LogP contribution in [-0.4, -0.2) is 0 Å². The monoisotopic (exact) mass is 310 g/mol. The van der Waals surface area contributed by atoms with Crippen molar-refractivity contribution >= 4 is 0 Å². The van der Waals surface area contributed by atoms with Crippen molar-refractivity contribution in [3.05, 3.63) is 46.1 Å². The van der Waals surface area contributed by atoms with Crippen molar-refractivity contribution in [2.75, 3.05) is 0 Å². The molecule has 3 aliphatic carbocycles. The highest BCUT2D eigenvalue weighted by Gasteiger charge is 2.45. The van der Waals surface area contributed by atoms with Crippen LogP contribution in [0.1, 0.15) is 74.1 Å². The topological polar surface area (TPSA) is 0 Å². The molecule has 0 bridgehead atoms. The molecule has 0 N–H and O–H groups in total. The fraction of sp³-hybridized carbons (Fsp3) is 0.652. The molecule has 1 unspecified atom stereocenters. The van der Waals surface area contributed by atoms with E-state index >= 15 is 0 Å². The first-order valence-corrected chi connectivity index (χ1v) is 9.51. The van der Waals surface area contributed by atoms with Crippen molar-refractivity contribution in [2.45, 2.75) is 74.1 Å². The molecular formula is C23H34. The van der Waals surface area contributed by atoms with E-state index in [1.807, 2.05) is 0 Å². The quantitative estimate of drug-likeness (QED) is 0.526. The third-order valence-corrected chi connectivity index (χ3v) is 6.71. The summed E-state index contributed by atoms with van der Waals surface area (Å²) in [4.78, 5) is 0.